The van der Waals surface area contributed by atoms with Crippen LogP contribution in [-0.2, 0) is 9.53 Å². The van der Waals surface area contributed by atoms with Crippen molar-refractivity contribution in [3.63, 3.8) is 0 Å². The number of benzene rings is 1. The number of aryl methyl sites for hydroxylation is 1. The summed E-state index contributed by atoms with van der Waals surface area (Å²) in [5.74, 6) is 0.377. The first-order chi connectivity index (χ1) is 17.0. The number of ether oxygens (including phenoxy) is 1. The van der Waals surface area contributed by atoms with Crippen LogP contribution in [0.2, 0.25) is 0 Å². The lowest BCUT2D eigenvalue weighted by molar-refractivity contribution is -0.135. The van der Waals surface area contributed by atoms with Crippen LogP contribution in [0.15, 0.2) is 42.9 Å². The molecule has 2 fully saturated rings. The fourth-order valence-corrected chi connectivity index (χ4v) is 5.36. The van der Waals surface area contributed by atoms with Crippen molar-refractivity contribution < 1.29 is 14.3 Å². The maximum absolute atomic E-state index is 12.4. The van der Waals surface area contributed by atoms with Gasteiger partial charge in [-0.1, -0.05) is 19.1 Å². The van der Waals surface area contributed by atoms with E-state index in [2.05, 4.69) is 20.3 Å². The Morgan fingerprint density at radius 1 is 1.09 bits per heavy atom. The molecule has 1 N–H and O–H groups in total. The monoisotopic (exact) mass is 474 g/mol. The number of aromatic nitrogens is 4. The number of methoxy groups -OCH3 is 1. The molecule has 5 rings (SSSR count). The van der Waals surface area contributed by atoms with Crippen LogP contribution < -0.4 is 5.32 Å². The number of carbonyl (C=O) groups is 2. The van der Waals surface area contributed by atoms with Gasteiger partial charge in [0, 0.05) is 36.5 Å². The number of nitrogens with one attached hydrogen (secondary N) is 1. The van der Waals surface area contributed by atoms with Crippen molar-refractivity contribution >= 4 is 23.5 Å². The van der Waals surface area contributed by atoms with Gasteiger partial charge >= 0.3 is 5.97 Å². The summed E-state index contributed by atoms with van der Waals surface area (Å²) in [6.45, 7) is 3.89. The van der Waals surface area contributed by atoms with E-state index in [1.165, 1.54) is 7.11 Å². The average molecular weight is 475 g/mol. The molecule has 2 saturated heterocycles. The smallest absolute Gasteiger partial charge is 0.337 e. The second kappa shape index (κ2) is 9.48. The van der Waals surface area contributed by atoms with Gasteiger partial charge < -0.3 is 15.0 Å². The Morgan fingerprint density at radius 2 is 1.80 bits per heavy atom. The van der Waals surface area contributed by atoms with Gasteiger partial charge in [-0.25, -0.2) is 14.8 Å². The topological polar surface area (TPSA) is 102 Å². The van der Waals surface area contributed by atoms with Gasteiger partial charge in [-0.3, -0.25) is 9.48 Å². The van der Waals surface area contributed by atoms with E-state index in [9.17, 15) is 9.59 Å². The molecule has 0 radical (unpaired) electrons. The van der Waals surface area contributed by atoms with E-state index in [4.69, 9.17) is 9.72 Å². The lowest BCUT2D eigenvalue weighted by Crippen LogP contribution is -2.46. The highest BCUT2D eigenvalue weighted by Gasteiger charge is 2.43. The zero-order chi connectivity index (χ0) is 24.5. The van der Waals surface area contributed by atoms with Gasteiger partial charge in [-0.2, -0.15) is 5.10 Å². The zero-order valence-corrected chi connectivity index (χ0v) is 20.3. The molecule has 182 valence electrons. The number of anilines is 2. The van der Waals surface area contributed by atoms with Crippen LogP contribution in [0.5, 0.6) is 0 Å². The Balaban J connectivity index is 1.30. The molecule has 2 aromatic heterocycles. The van der Waals surface area contributed by atoms with Gasteiger partial charge in [0.25, 0.3) is 0 Å². The summed E-state index contributed by atoms with van der Waals surface area (Å²) in [6.07, 6.45) is 10.2. The third-order valence-electron chi connectivity index (χ3n) is 7.08. The number of fused-ring (bicyclic) bond motifs is 2. The first-order valence-corrected chi connectivity index (χ1v) is 12.1. The predicted molar refractivity (Wildman–Crippen MR) is 131 cm³/mol. The summed E-state index contributed by atoms with van der Waals surface area (Å²) in [4.78, 5) is 35.3. The molecule has 3 aromatic rings. The number of carbonyl (C=O) groups excluding carboxylic acids is 2. The highest BCUT2D eigenvalue weighted by Crippen LogP contribution is 2.41. The first kappa shape index (κ1) is 23.0. The van der Waals surface area contributed by atoms with Gasteiger partial charge in [-0.15, -0.1) is 0 Å². The number of hydrogen-bond acceptors (Lipinski definition) is 7. The van der Waals surface area contributed by atoms with Gasteiger partial charge in [0.15, 0.2) is 0 Å². The Bertz CT molecular complexity index is 1220. The van der Waals surface area contributed by atoms with Crippen molar-refractivity contribution in [3.05, 3.63) is 54.0 Å². The molecule has 2 bridgehead atoms. The van der Waals surface area contributed by atoms with Crippen molar-refractivity contribution in [3.8, 4) is 11.3 Å². The predicted octanol–water partition coefficient (Wildman–Crippen LogP) is 4.28. The zero-order valence-electron chi connectivity index (χ0n) is 20.3. The molecule has 2 aliphatic heterocycles. The number of hydrogen-bond donors (Lipinski definition) is 1. The third kappa shape index (κ3) is 4.50. The van der Waals surface area contributed by atoms with E-state index >= 15 is 0 Å². The van der Waals surface area contributed by atoms with Crippen LogP contribution in [0.25, 0.3) is 11.3 Å². The second-order valence-corrected chi connectivity index (χ2v) is 9.29. The summed E-state index contributed by atoms with van der Waals surface area (Å²) in [5, 5.41) is 7.88. The molecule has 9 nitrogen and oxygen atoms in total. The number of piperidine rings is 1. The lowest BCUT2D eigenvalue weighted by Gasteiger charge is -2.39. The molecule has 1 aromatic carbocycles. The summed E-state index contributed by atoms with van der Waals surface area (Å²) in [7, 11) is 1.37. The molecule has 2 atom stereocenters. The maximum Gasteiger partial charge on any atom is 0.337 e. The molecule has 0 spiro atoms. The molecule has 9 heteroatoms. The highest BCUT2D eigenvalue weighted by molar-refractivity contribution is 5.90. The molecule has 2 unspecified atom stereocenters. The van der Waals surface area contributed by atoms with Crippen molar-refractivity contribution in [2.45, 2.75) is 64.1 Å². The first-order valence-electron chi connectivity index (χ1n) is 12.1. The quantitative estimate of drug-likeness (QED) is 0.532. The summed E-state index contributed by atoms with van der Waals surface area (Å²) >= 11 is 0. The SMILES string of the molecule is CCC(=O)N1C2CCC1CC(n1cc(Nc3ncc(C)c(-c4ccc(C(=O)OC)cc4)n3)cn1)C2. The van der Waals surface area contributed by atoms with Gasteiger partial charge in [-0.05, 0) is 50.3 Å². The molecule has 0 saturated carbocycles. The average Bonchev–Trinajstić information content (AvgIpc) is 3.45. The van der Waals surface area contributed by atoms with Crippen molar-refractivity contribution in [1.82, 2.24) is 24.6 Å². The normalized spacial score (nSPS) is 21.1. The minimum atomic E-state index is -0.369. The Labute approximate surface area is 204 Å². The van der Waals surface area contributed by atoms with Gasteiger partial charge in [0.05, 0.1) is 36.3 Å². The standard InChI is InChI=1S/C26H30N6O3/c1-4-23(33)32-20-9-10-21(32)12-22(11-20)31-15-19(14-28-31)29-26-27-13-16(2)24(30-26)17-5-7-18(8-6-17)25(34)35-3/h5-8,13-15,20-22H,4,9-12H2,1-3H3,(H,27,29,30). The number of rotatable bonds is 6. The minimum Gasteiger partial charge on any atom is -0.465 e. The summed E-state index contributed by atoms with van der Waals surface area (Å²) in [6, 6.07) is 8.09. The van der Waals surface area contributed by atoms with E-state index in [-0.39, 0.29) is 17.9 Å². The van der Waals surface area contributed by atoms with Crippen molar-refractivity contribution in [2.75, 3.05) is 12.4 Å². The van der Waals surface area contributed by atoms with Gasteiger partial charge in [0.2, 0.25) is 11.9 Å². The Kier molecular flexibility index (Phi) is 6.23. The Morgan fingerprint density at radius 3 is 2.46 bits per heavy atom. The van der Waals surface area contributed by atoms with Gasteiger partial charge in [0.1, 0.15) is 0 Å². The minimum absolute atomic E-state index is 0.269. The van der Waals surface area contributed by atoms with E-state index in [0.717, 1.165) is 48.2 Å². The molecule has 2 aliphatic rings. The van der Waals surface area contributed by atoms with Crippen LogP contribution in [0.3, 0.4) is 0 Å². The van der Waals surface area contributed by atoms with E-state index < -0.39 is 0 Å². The van der Waals surface area contributed by atoms with E-state index in [0.29, 0.717) is 30.0 Å². The van der Waals surface area contributed by atoms with Crippen molar-refractivity contribution in [1.29, 1.82) is 0 Å². The largest absolute Gasteiger partial charge is 0.465 e. The second-order valence-electron chi connectivity index (χ2n) is 9.29. The molecule has 1 amide bonds. The van der Waals surface area contributed by atoms with E-state index in [1.54, 1.807) is 24.5 Å². The summed E-state index contributed by atoms with van der Waals surface area (Å²) in [5.41, 5.74) is 3.92. The van der Waals surface area contributed by atoms with Crippen LogP contribution in [-0.4, -0.2) is 55.7 Å². The van der Waals surface area contributed by atoms with Crippen LogP contribution in [0.1, 0.15) is 61.0 Å². The van der Waals surface area contributed by atoms with Crippen LogP contribution >= 0.6 is 0 Å². The molecular weight excluding hydrogens is 444 g/mol. The maximum atomic E-state index is 12.4. The Hall–Kier alpha value is -3.75. The fraction of sp³-hybridized carbons (Fsp3) is 0.423. The number of nitrogens with zero attached hydrogens (tertiary/aromatic N) is 5. The fourth-order valence-electron chi connectivity index (χ4n) is 5.36. The van der Waals surface area contributed by atoms with Crippen molar-refractivity contribution in [2.24, 2.45) is 0 Å². The number of amides is 1. The third-order valence-corrected chi connectivity index (χ3v) is 7.08. The lowest BCUT2D eigenvalue weighted by atomic mass is 9.97. The number of esters is 1. The van der Waals surface area contributed by atoms with Crippen LogP contribution in [0, 0.1) is 6.92 Å². The molecule has 0 aliphatic carbocycles. The molecule has 35 heavy (non-hydrogen) atoms. The molecule has 4 heterocycles. The highest BCUT2D eigenvalue weighted by atomic mass is 16.5. The molecular formula is C26H30N6O3. The summed E-state index contributed by atoms with van der Waals surface area (Å²) < 4.78 is 6.79. The van der Waals surface area contributed by atoms with E-state index in [1.807, 2.05) is 36.9 Å². The van der Waals surface area contributed by atoms with Crippen LogP contribution in [0.4, 0.5) is 11.6 Å².